The molecule has 0 aliphatic heterocycles. The lowest BCUT2D eigenvalue weighted by Crippen LogP contribution is -2.10. The summed E-state index contributed by atoms with van der Waals surface area (Å²) in [5, 5.41) is 0. The number of hydrogen-bond acceptors (Lipinski definition) is 3. The number of hydrogen-bond donors (Lipinski definition) is 0. The summed E-state index contributed by atoms with van der Waals surface area (Å²) in [5.74, 6) is -0.770. The fourth-order valence-corrected chi connectivity index (χ4v) is 0.344. The molecule has 0 aromatic heterocycles. The molecular formula is C4H5IO3. The van der Waals surface area contributed by atoms with Gasteiger partial charge in [-0.05, 0) is 6.92 Å². The van der Waals surface area contributed by atoms with Gasteiger partial charge in [-0.15, -0.1) is 0 Å². The van der Waals surface area contributed by atoms with Crippen LogP contribution in [0.2, 0.25) is 0 Å². The lowest BCUT2D eigenvalue weighted by atomic mass is 10.7. The molecule has 46 valence electrons. The SMILES string of the molecule is CCOC(=O)C(=O)I. The van der Waals surface area contributed by atoms with Crippen LogP contribution in [-0.4, -0.2) is 16.4 Å². The summed E-state index contributed by atoms with van der Waals surface area (Å²) in [7, 11) is 0. The summed E-state index contributed by atoms with van der Waals surface area (Å²) in [6.45, 7) is 1.91. The van der Waals surface area contributed by atoms with Crippen molar-refractivity contribution < 1.29 is 14.3 Å². The lowest BCUT2D eigenvalue weighted by Gasteiger charge is -1.92. The number of rotatable bonds is 2. The predicted octanol–water partition coefficient (Wildman–Crippen LogP) is 0.511. The Bertz CT molecular complexity index is 110. The predicted molar refractivity (Wildman–Crippen MR) is 35.7 cm³/mol. The molecule has 0 amide bonds. The first kappa shape index (κ1) is 7.87. The number of halogens is 1. The maximum atomic E-state index is 10.2. The van der Waals surface area contributed by atoms with Gasteiger partial charge in [-0.3, -0.25) is 4.79 Å². The normalized spacial score (nSPS) is 8.25. The number of carbonyl (C=O) groups is 2. The Morgan fingerprint density at radius 2 is 2.12 bits per heavy atom. The van der Waals surface area contributed by atoms with Crippen LogP contribution in [0.5, 0.6) is 0 Å². The highest BCUT2D eigenvalue weighted by molar-refractivity contribution is 14.1. The molecule has 0 atom stereocenters. The van der Waals surface area contributed by atoms with Crippen molar-refractivity contribution in [3.8, 4) is 0 Å². The van der Waals surface area contributed by atoms with E-state index in [0.717, 1.165) is 0 Å². The molecule has 0 N–H and O–H groups in total. The third-order valence-corrected chi connectivity index (χ3v) is 0.876. The summed E-state index contributed by atoms with van der Waals surface area (Å²) in [6.07, 6.45) is 0. The van der Waals surface area contributed by atoms with Gasteiger partial charge in [0.1, 0.15) is 0 Å². The Morgan fingerprint density at radius 1 is 1.62 bits per heavy atom. The Morgan fingerprint density at radius 3 is 2.25 bits per heavy atom. The van der Waals surface area contributed by atoms with E-state index in [4.69, 9.17) is 0 Å². The van der Waals surface area contributed by atoms with Crippen LogP contribution in [0.25, 0.3) is 0 Å². The van der Waals surface area contributed by atoms with Crippen LogP contribution in [0.3, 0.4) is 0 Å². The van der Waals surface area contributed by atoms with Crippen molar-refractivity contribution in [3.63, 3.8) is 0 Å². The molecule has 0 fully saturated rings. The molecule has 0 radical (unpaired) electrons. The zero-order chi connectivity index (χ0) is 6.57. The lowest BCUT2D eigenvalue weighted by molar-refractivity contribution is -0.148. The molecule has 0 spiro atoms. The molecule has 0 rings (SSSR count). The van der Waals surface area contributed by atoms with Crippen molar-refractivity contribution in [2.75, 3.05) is 6.61 Å². The molecule has 3 nitrogen and oxygen atoms in total. The van der Waals surface area contributed by atoms with Gasteiger partial charge in [0.15, 0.2) is 0 Å². The molecule has 0 unspecified atom stereocenters. The quantitative estimate of drug-likeness (QED) is 0.299. The van der Waals surface area contributed by atoms with E-state index < -0.39 is 9.76 Å². The number of ether oxygens (including phenoxy) is 1. The van der Waals surface area contributed by atoms with Crippen molar-refractivity contribution in [1.82, 2.24) is 0 Å². The molecule has 0 aromatic carbocycles. The smallest absolute Gasteiger partial charge is 0.385 e. The molecule has 0 saturated heterocycles. The number of carbonyl (C=O) groups excluding carboxylic acids is 2. The van der Waals surface area contributed by atoms with Crippen molar-refractivity contribution in [3.05, 3.63) is 0 Å². The van der Waals surface area contributed by atoms with E-state index in [-0.39, 0.29) is 6.61 Å². The third-order valence-electron chi connectivity index (χ3n) is 0.436. The van der Waals surface area contributed by atoms with Crippen molar-refractivity contribution in [1.29, 1.82) is 0 Å². The molecule has 8 heavy (non-hydrogen) atoms. The van der Waals surface area contributed by atoms with Gasteiger partial charge >= 0.3 is 5.97 Å². The van der Waals surface area contributed by atoms with Crippen LogP contribution < -0.4 is 0 Å². The fraction of sp³-hybridized carbons (Fsp3) is 0.500. The summed E-state index contributed by atoms with van der Waals surface area (Å²) >= 11 is 1.38. The molecule has 4 heteroatoms. The van der Waals surface area contributed by atoms with Gasteiger partial charge in [0.05, 0.1) is 6.61 Å². The Kier molecular flexibility index (Phi) is 3.76. The van der Waals surface area contributed by atoms with E-state index >= 15 is 0 Å². The first-order valence-corrected chi connectivity index (χ1v) is 3.13. The zero-order valence-electron chi connectivity index (χ0n) is 4.31. The monoisotopic (exact) mass is 228 g/mol. The van der Waals surface area contributed by atoms with Gasteiger partial charge in [-0.2, -0.15) is 0 Å². The van der Waals surface area contributed by atoms with Crippen LogP contribution in [0.1, 0.15) is 6.92 Å². The minimum atomic E-state index is -0.770. The van der Waals surface area contributed by atoms with Gasteiger partial charge in [0.2, 0.25) is 0 Å². The second kappa shape index (κ2) is 3.82. The highest BCUT2D eigenvalue weighted by Crippen LogP contribution is 1.88. The van der Waals surface area contributed by atoms with Gasteiger partial charge in [-0.25, -0.2) is 4.79 Å². The van der Waals surface area contributed by atoms with Gasteiger partial charge in [0, 0.05) is 22.6 Å². The average molecular weight is 228 g/mol. The molecule has 0 aliphatic rings. The van der Waals surface area contributed by atoms with Crippen LogP contribution in [0.4, 0.5) is 0 Å². The summed E-state index contributed by atoms with van der Waals surface area (Å²) in [5.41, 5.74) is 0. The van der Waals surface area contributed by atoms with Crippen LogP contribution in [0.15, 0.2) is 0 Å². The second-order valence-electron chi connectivity index (χ2n) is 0.994. The molecular weight excluding hydrogens is 223 g/mol. The van der Waals surface area contributed by atoms with Crippen molar-refractivity contribution >= 4 is 32.4 Å². The van der Waals surface area contributed by atoms with E-state index in [1.54, 1.807) is 6.92 Å². The maximum Gasteiger partial charge on any atom is 0.385 e. The first-order chi connectivity index (χ1) is 3.68. The van der Waals surface area contributed by atoms with Crippen molar-refractivity contribution in [2.24, 2.45) is 0 Å². The average Bonchev–Trinajstić information content (AvgIpc) is 1.67. The third kappa shape index (κ3) is 2.95. The highest BCUT2D eigenvalue weighted by atomic mass is 127. The topological polar surface area (TPSA) is 43.4 Å². The van der Waals surface area contributed by atoms with Crippen molar-refractivity contribution in [2.45, 2.75) is 6.92 Å². The molecule has 0 aromatic rings. The Balaban J connectivity index is 3.49. The summed E-state index contributed by atoms with van der Waals surface area (Å²) < 4.78 is 3.73. The number of esters is 1. The Labute approximate surface area is 60.5 Å². The van der Waals surface area contributed by atoms with E-state index in [9.17, 15) is 9.59 Å². The minimum Gasteiger partial charge on any atom is -0.460 e. The molecule has 0 aliphatic carbocycles. The van der Waals surface area contributed by atoms with E-state index in [0.29, 0.717) is 0 Å². The first-order valence-electron chi connectivity index (χ1n) is 2.05. The summed E-state index contributed by atoms with van der Waals surface area (Å²) in [6, 6.07) is 0. The largest absolute Gasteiger partial charge is 0.460 e. The van der Waals surface area contributed by atoms with Crippen LogP contribution in [0, 0.1) is 0 Å². The minimum absolute atomic E-state index is 0.258. The molecule has 0 heterocycles. The van der Waals surface area contributed by atoms with Gasteiger partial charge in [-0.1, -0.05) is 0 Å². The standard InChI is InChI=1S/C4H5IO3/c1-2-8-4(7)3(5)6/h2H2,1H3. The summed E-state index contributed by atoms with van der Waals surface area (Å²) in [4.78, 5) is 20.2. The fourth-order valence-electron chi connectivity index (χ4n) is 0.188. The van der Waals surface area contributed by atoms with E-state index in [1.165, 1.54) is 22.6 Å². The molecule has 0 saturated carbocycles. The zero-order valence-corrected chi connectivity index (χ0v) is 6.47. The highest BCUT2D eigenvalue weighted by Gasteiger charge is 2.07. The van der Waals surface area contributed by atoms with Crippen LogP contribution in [-0.2, 0) is 14.3 Å². The van der Waals surface area contributed by atoms with Gasteiger partial charge in [0.25, 0.3) is 3.79 Å². The molecule has 0 bridgehead atoms. The Hall–Kier alpha value is -0.130. The van der Waals surface area contributed by atoms with E-state index in [1.807, 2.05) is 0 Å². The maximum absolute atomic E-state index is 10.2. The second-order valence-corrected chi connectivity index (χ2v) is 1.97. The van der Waals surface area contributed by atoms with Gasteiger partial charge < -0.3 is 4.74 Å². The van der Waals surface area contributed by atoms with Crippen LogP contribution >= 0.6 is 22.6 Å². The van der Waals surface area contributed by atoms with E-state index in [2.05, 4.69) is 4.74 Å².